The van der Waals surface area contributed by atoms with Gasteiger partial charge in [-0.15, -0.1) is 0 Å². The highest BCUT2D eigenvalue weighted by atomic mass is 16.2. The van der Waals surface area contributed by atoms with E-state index in [0.29, 0.717) is 0 Å². The number of carbonyl (C=O) groups excluding carboxylic acids is 2. The zero-order valence-electron chi connectivity index (χ0n) is 15.9. The van der Waals surface area contributed by atoms with Gasteiger partial charge in [0.05, 0.1) is 24.7 Å². The number of nitrogens with one attached hydrogen (secondary N) is 1. The summed E-state index contributed by atoms with van der Waals surface area (Å²) in [6.07, 6.45) is 3.37. The van der Waals surface area contributed by atoms with Crippen LogP contribution in [0.15, 0.2) is 67.3 Å². The molecule has 3 aromatic rings. The predicted molar refractivity (Wildman–Crippen MR) is 106 cm³/mol. The van der Waals surface area contributed by atoms with E-state index in [9.17, 15) is 9.59 Å². The maximum absolute atomic E-state index is 12.5. The molecule has 0 saturated heterocycles. The van der Waals surface area contributed by atoms with Crippen molar-refractivity contribution in [3.63, 3.8) is 0 Å². The number of carbonyl (C=O) groups is 2. The second kappa shape index (κ2) is 8.94. The van der Waals surface area contributed by atoms with Crippen molar-refractivity contribution >= 4 is 11.8 Å². The van der Waals surface area contributed by atoms with Gasteiger partial charge in [0.2, 0.25) is 11.8 Å². The van der Waals surface area contributed by atoms with Crippen LogP contribution in [0.5, 0.6) is 0 Å². The second-order valence-corrected chi connectivity index (χ2v) is 6.55. The van der Waals surface area contributed by atoms with E-state index < -0.39 is 0 Å². The molecule has 0 aliphatic carbocycles. The van der Waals surface area contributed by atoms with Gasteiger partial charge in [-0.2, -0.15) is 5.10 Å². The van der Waals surface area contributed by atoms with Crippen molar-refractivity contribution in [3.05, 3.63) is 78.4 Å². The fourth-order valence-electron chi connectivity index (χ4n) is 2.83. The van der Waals surface area contributed by atoms with Crippen molar-refractivity contribution in [2.75, 3.05) is 13.6 Å². The maximum atomic E-state index is 12.5. The van der Waals surface area contributed by atoms with E-state index in [1.165, 1.54) is 6.33 Å². The molecule has 2 amide bonds. The first kappa shape index (κ1) is 19.3. The van der Waals surface area contributed by atoms with E-state index >= 15 is 0 Å². The summed E-state index contributed by atoms with van der Waals surface area (Å²) in [6, 6.07) is 17.1. The third-order valence-corrected chi connectivity index (χ3v) is 4.68. The molecule has 0 aliphatic rings. The first-order chi connectivity index (χ1) is 13.5. The number of nitrogens with zero attached hydrogens (tertiary/aromatic N) is 4. The number of hydrogen-bond acceptors (Lipinski definition) is 4. The highest BCUT2D eigenvalue weighted by molar-refractivity contribution is 5.85. The SMILES string of the molecule is C[C@@H](c1ccc(-n2cncn2)cc1)N(C)C(=O)CNC(=O)Cc1ccccc1. The molecule has 1 atom stereocenters. The molecular formula is C21H23N5O2. The highest BCUT2D eigenvalue weighted by Crippen LogP contribution is 2.20. The second-order valence-electron chi connectivity index (χ2n) is 6.55. The number of amides is 2. The van der Waals surface area contributed by atoms with Gasteiger partial charge in [0, 0.05) is 7.05 Å². The Morgan fingerprint density at radius 1 is 1.11 bits per heavy atom. The first-order valence-electron chi connectivity index (χ1n) is 9.06. The molecule has 7 heteroatoms. The molecule has 0 fully saturated rings. The average Bonchev–Trinajstić information content (AvgIpc) is 3.26. The number of benzene rings is 2. The van der Waals surface area contributed by atoms with Crippen LogP contribution in [0.25, 0.3) is 5.69 Å². The third kappa shape index (κ3) is 4.82. The Morgan fingerprint density at radius 2 is 1.82 bits per heavy atom. The molecule has 144 valence electrons. The lowest BCUT2D eigenvalue weighted by Gasteiger charge is -2.25. The molecule has 0 bridgehead atoms. The summed E-state index contributed by atoms with van der Waals surface area (Å²) >= 11 is 0. The van der Waals surface area contributed by atoms with E-state index in [1.807, 2.05) is 61.5 Å². The number of hydrogen-bond donors (Lipinski definition) is 1. The van der Waals surface area contributed by atoms with Crippen molar-refractivity contribution in [2.45, 2.75) is 19.4 Å². The van der Waals surface area contributed by atoms with E-state index in [0.717, 1.165) is 16.8 Å². The smallest absolute Gasteiger partial charge is 0.242 e. The lowest BCUT2D eigenvalue weighted by molar-refractivity contribution is -0.133. The molecule has 0 saturated carbocycles. The Kier molecular flexibility index (Phi) is 6.16. The maximum Gasteiger partial charge on any atom is 0.242 e. The number of aromatic nitrogens is 3. The van der Waals surface area contributed by atoms with E-state index in [-0.39, 0.29) is 30.8 Å². The molecule has 7 nitrogen and oxygen atoms in total. The van der Waals surface area contributed by atoms with Crippen LogP contribution in [-0.4, -0.2) is 45.1 Å². The van der Waals surface area contributed by atoms with Crippen LogP contribution in [0.2, 0.25) is 0 Å². The number of likely N-dealkylation sites (N-methyl/N-ethyl adjacent to an activating group) is 1. The van der Waals surface area contributed by atoms with Crippen LogP contribution in [0.3, 0.4) is 0 Å². The van der Waals surface area contributed by atoms with Crippen LogP contribution in [0.1, 0.15) is 24.1 Å². The van der Waals surface area contributed by atoms with Gasteiger partial charge in [-0.05, 0) is 30.2 Å². The summed E-state index contributed by atoms with van der Waals surface area (Å²) in [4.78, 5) is 30.1. The standard InChI is InChI=1S/C21H23N5O2/c1-16(18-8-10-19(11-9-18)26-15-22-14-24-26)25(2)21(28)13-23-20(27)12-17-6-4-3-5-7-17/h3-11,14-16H,12-13H2,1-2H3,(H,23,27)/t16-/m0/s1. The quantitative estimate of drug-likeness (QED) is 0.684. The predicted octanol–water partition coefficient (Wildman–Crippen LogP) is 2.15. The third-order valence-electron chi connectivity index (χ3n) is 4.68. The monoisotopic (exact) mass is 377 g/mol. The molecule has 2 aromatic carbocycles. The Labute approximate surface area is 164 Å². The molecule has 3 rings (SSSR count). The van der Waals surface area contributed by atoms with E-state index in [4.69, 9.17) is 0 Å². The largest absolute Gasteiger partial charge is 0.347 e. The average molecular weight is 377 g/mol. The summed E-state index contributed by atoms with van der Waals surface area (Å²) in [5, 5.41) is 6.79. The molecule has 1 heterocycles. The molecule has 0 spiro atoms. The van der Waals surface area contributed by atoms with Crippen LogP contribution in [-0.2, 0) is 16.0 Å². The minimum atomic E-state index is -0.169. The van der Waals surface area contributed by atoms with Gasteiger partial charge in [0.1, 0.15) is 12.7 Å². The van der Waals surface area contributed by atoms with Crippen molar-refractivity contribution in [1.29, 1.82) is 0 Å². The van der Waals surface area contributed by atoms with Gasteiger partial charge in [-0.25, -0.2) is 9.67 Å². The minimum Gasteiger partial charge on any atom is -0.347 e. The van der Waals surface area contributed by atoms with Gasteiger partial charge in [-0.1, -0.05) is 42.5 Å². The lowest BCUT2D eigenvalue weighted by Crippen LogP contribution is -2.39. The van der Waals surface area contributed by atoms with Gasteiger partial charge in [0.15, 0.2) is 0 Å². The lowest BCUT2D eigenvalue weighted by atomic mass is 10.1. The Morgan fingerprint density at radius 3 is 2.46 bits per heavy atom. The zero-order valence-corrected chi connectivity index (χ0v) is 15.9. The molecule has 1 aromatic heterocycles. The van der Waals surface area contributed by atoms with E-state index in [2.05, 4.69) is 15.4 Å². The molecule has 0 unspecified atom stereocenters. The Hall–Kier alpha value is -3.48. The number of rotatable bonds is 7. The van der Waals surface area contributed by atoms with Gasteiger partial charge < -0.3 is 10.2 Å². The van der Waals surface area contributed by atoms with Crippen molar-refractivity contribution in [2.24, 2.45) is 0 Å². The molecule has 1 N–H and O–H groups in total. The topological polar surface area (TPSA) is 80.1 Å². The minimum absolute atomic E-state index is 0.0243. The van der Waals surface area contributed by atoms with Crippen molar-refractivity contribution < 1.29 is 9.59 Å². The summed E-state index contributed by atoms with van der Waals surface area (Å²) in [5.41, 5.74) is 2.81. The molecule has 0 radical (unpaired) electrons. The van der Waals surface area contributed by atoms with Crippen LogP contribution < -0.4 is 5.32 Å². The summed E-state index contributed by atoms with van der Waals surface area (Å²) in [5.74, 6) is -0.313. The fraction of sp³-hybridized carbons (Fsp3) is 0.238. The zero-order chi connectivity index (χ0) is 19.9. The Bertz CT molecular complexity index is 908. The van der Waals surface area contributed by atoms with Crippen molar-refractivity contribution in [1.82, 2.24) is 25.0 Å². The molecule has 0 aliphatic heterocycles. The first-order valence-corrected chi connectivity index (χ1v) is 9.06. The van der Waals surface area contributed by atoms with Crippen LogP contribution in [0, 0.1) is 0 Å². The van der Waals surface area contributed by atoms with Gasteiger partial charge in [0.25, 0.3) is 0 Å². The fourth-order valence-corrected chi connectivity index (χ4v) is 2.83. The van der Waals surface area contributed by atoms with Crippen molar-refractivity contribution in [3.8, 4) is 5.69 Å². The van der Waals surface area contributed by atoms with Crippen LogP contribution >= 0.6 is 0 Å². The molecular weight excluding hydrogens is 354 g/mol. The van der Waals surface area contributed by atoms with Crippen LogP contribution in [0.4, 0.5) is 0 Å². The highest BCUT2D eigenvalue weighted by Gasteiger charge is 2.18. The molecule has 28 heavy (non-hydrogen) atoms. The summed E-state index contributed by atoms with van der Waals surface area (Å²) < 4.78 is 1.67. The van der Waals surface area contributed by atoms with E-state index in [1.54, 1.807) is 23.0 Å². The normalized spacial score (nSPS) is 11.6. The summed E-state index contributed by atoms with van der Waals surface area (Å²) in [7, 11) is 1.74. The van der Waals surface area contributed by atoms with Gasteiger partial charge in [-0.3, -0.25) is 9.59 Å². The summed E-state index contributed by atoms with van der Waals surface area (Å²) in [6.45, 7) is 1.93. The van der Waals surface area contributed by atoms with Gasteiger partial charge >= 0.3 is 0 Å². The Balaban J connectivity index is 1.53.